The zero-order chi connectivity index (χ0) is 12.5. The van der Waals surface area contributed by atoms with E-state index in [1.807, 2.05) is 12.3 Å². The molecule has 0 aliphatic carbocycles. The predicted molar refractivity (Wildman–Crippen MR) is 75.3 cm³/mol. The molecule has 0 radical (unpaired) electrons. The average molecular weight is 279 g/mol. The first-order valence-corrected chi connectivity index (χ1v) is 6.71. The largest absolute Gasteiger partial charge is 0.364 e. The van der Waals surface area contributed by atoms with Crippen LogP contribution in [-0.2, 0) is 6.54 Å². The summed E-state index contributed by atoms with van der Waals surface area (Å²) in [5, 5.41) is 4.50. The summed E-state index contributed by atoms with van der Waals surface area (Å²) in [5.41, 5.74) is 0.750. The van der Waals surface area contributed by atoms with Crippen LogP contribution in [0.5, 0.6) is 0 Å². The van der Waals surface area contributed by atoms with Crippen LogP contribution >= 0.6 is 22.9 Å². The van der Waals surface area contributed by atoms with Crippen LogP contribution in [0.3, 0.4) is 0 Å². The Labute approximate surface area is 113 Å². The number of hydrogen-bond donors (Lipinski definition) is 2. The van der Waals surface area contributed by atoms with Gasteiger partial charge < -0.3 is 10.3 Å². The normalized spacial score (nSPS) is 11.0. The third kappa shape index (κ3) is 2.19. The van der Waals surface area contributed by atoms with Crippen LogP contribution in [0.4, 0.5) is 5.82 Å². The van der Waals surface area contributed by atoms with Gasteiger partial charge in [-0.1, -0.05) is 0 Å². The Bertz CT molecular complexity index is 688. The summed E-state index contributed by atoms with van der Waals surface area (Å²) in [5.74, 6) is 0.761. The van der Waals surface area contributed by atoms with E-state index in [4.69, 9.17) is 11.6 Å². The number of aromatic amines is 1. The molecule has 3 aromatic rings. The molecular weight excluding hydrogens is 268 g/mol. The summed E-state index contributed by atoms with van der Waals surface area (Å²) in [7, 11) is 0. The maximum atomic E-state index is 5.89. The van der Waals surface area contributed by atoms with Gasteiger partial charge in [-0.25, -0.2) is 4.98 Å². The van der Waals surface area contributed by atoms with Crippen molar-refractivity contribution in [2.75, 3.05) is 5.32 Å². The van der Waals surface area contributed by atoms with Gasteiger partial charge in [0.05, 0.1) is 11.9 Å². The average Bonchev–Trinajstić information content (AvgIpc) is 2.94. The van der Waals surface area contributed by atoms with Crippen molar-refractivity contribution >= 4 is 39.8 Å². The van der Waals surface area contributed by atoms with Crippen LogP contribution in [0.1, 0.15) is 9.75 Å². The molecule has 0 saturated carbocycles. The van der Waals surface area contributed by atoms with Crippen molar-refractivity contribution in [2.24, 2.45) is 0 Å². The Morgan fingerprint density at radius 3 is 3.00 bits per heavy atom. The van der Waals surface area contributed by atoms with Gasteiger partial charge >= 0.3 is 0 Å². The Kier molecular flexibility index (Phi) is 2.93. The van der Waals surface area contributed by atoms with Gasteiger partial charge in [-0.15, -0.1) is 11.3 Å². The van der Waals surface area contributed by atoms with E-state index >= 15 is 0 Å². The molecule has 3 heterocycles. The molecule has 18 heavy (non-hydrogen) atoms. The Hall–Kier alpha value is -1.59. The lowest BCUT2D eigenvalue weighted by atomic mass is 10.3. The molecule has 0 aromatic carbocycles. The summed E-state index contributed by atoms with van der Waals surface area (Å²) >= 11 is 7.66. The van der Waals surface area contributed by atoms with Gasteiger partial charge in [0.15, 0.2) is 0 Å². The summed E-state index contributed by atoms with van der Waals surface area (Å²) in [6, 6.07) is 6.16. The van der Waals surface area contributed by atoms with E-state index in [-0.39, 0.29) is 5.28 Å². The molecule has 0 aliphatic heterocycles. The van der Waals surface area contributed by atoms with Gasteiger partial charge in [-0.05, 0) is 36.7 Å². The fourth-order valence-corrected chi connectivity index (χ4v) is 2.80. The SMILES string of the molecule is Cc1ccc(CNc2nc(Cl)nc3[nH]ccc23)s1. The van der Waals surface area contributed by atoms with Crippen molar-refractivity contribution in [1.82, 2.24) is 15.0 Å². The first kappa shape index (κ1) is 11.5. The van der Waals surface area contributed by atoms with Crippen molar-refractivity contribution in [1.29, 1.82) is 0 Å². The van der Waals surface area contributed by atoms with Crippen LogP contribution in [0.2, 0.25) is 5.28 Å². The molecule has 0 unspecified atom stereocenters. The zero-order valence-corrected chi connectivity index (χ0v) is 11.3. The minimum Gasteiger partial charge on any atom is -0.364 e. The summed E-state index contributed by atoms with van der Waals surface area (Å²) in [6.45, 7) is 2.84. The second-order valence-corrected chi connectivity index (χ2v) is 5.66. The fourth-order valence-electron chi connectivity index (χ4n) is 1.80. The number of hydrogen-bond acceptors (Lipinski definition) is 4. The second kappa shape index (κ2) is 4.59. The number of thiophene rings is 1. The van der Waals surface area contributed by atoms with Gasteiger partial charge in [0, 0.05) is 16.0 Å². The van der Waals surface area contributed by atoms with Crippen molar-refractivity contribution in [2.45, 2.75) is 13.5 Å². The molecule has 3 aromatic heterocycles. The highest BCUT2D eigenvalue weighted by Gasteiger charge is 2.07. The van der Waals surface area contributed by atoms with E-state index in [1.54, 1.807) is 11.3 Å². The predicted octanol–water partition coefficient (Wildman–Crippen LogP) is 3.59. The number of nitrogens with one attached hydrogen (secondary N) is 2. The first-order chi connectivity index (χ1) is 8.72. The van der Waals surface area contributed by atoms with Crippen molar-refractivity contribution in [3.8, 4) is 0 Å². The molecule has 0 amide bonds. The van der Waals surface area contributed by atoms with E-state index in [2.05, 4.69) is 39.3 Å². The maximum Gasteiger partial charge on any atom is 0.226 e. The Balaban J connectivity index is 1.87. The summed E-state index contributed by atoms with van der Waals surface area (Å²) < 4.78 is 0. The van der Waals surface area contributed by atoms with Gasteiger partial charge in [0.2, 0.25) is 5.28 Å². The van der Waals surface area contributed by atoms with Crippen LogP contribution in [0, 0.1) is 6.92 Å². The summed E-state index contributed by atoms with van der Waals surface area (Å²) in [6.07, 6.45) is 1.83. The fraction of sp³-hybridized carbons (Fsp3) is 0.167. The summed E-state index contributed by atoms with van der Waals surface area (Å²) in [4.78, 5) is 13.9. The van der Waals surface area contributed by atoms with E-state index in [1.165, 1.54) is 9.75 Å². The maximum absolute atomic E-state index is 5.89. The van der Waals surface area contributed by atoms with Gasteiger partial charge in [0.25, 0.3) is 0 Å². The standard InChI is InChI=1S/C12H11ClN4S/c1-7-2-3-8(18-7)6-15-11-9-4-5-14-10(9)16-12(13)17-11/h2-5H,6H2,1H3,(H2,14,15,16,17). The minimum absolute atomic E-state index is 0.245. The highest BCUT2D eigenvalue weighted by Crippen LogP contribution is 2.22. The van der Waals surface area contributed by atoms with Gasteiger partial charge in [-0.3, -0.25) is 0 Å². The quantitative estimate of drug-likeness (QED) is 0.720. The van der Waals surface area contributed by atoms with E-state index in [0.717, 1.165) is 23.4 Å². The molecule has 0 bridgehead atoms. The van der Waals surface area contributed by atoms with E-state index in [0.29, 0.717) is 0 Å². The topological polar surface area (TPSA) is 53.6 Å². The number of anilines is 1. The number of fused-ring (bicyclic) bond motifs is 1. The van der Waals surface area contributed by atoms with Crippen LogP contribution in [0.25, 0.3) is 11.0 Å². The zero-order valence-electron chi connectivity index (χ0n) is 9.70. The number of aryl methyl sites for hydroxylation is 1. The molecule has 2 N–H and O–H groups in total. The smallest absolute Gasteiger partial charge is 0.226 e. The highest BCUT2D eigenvalue weighted by molar-refractivity contribution is 7.11. The minimum atomic E-state index is 0.245. The van der Waals surface area contributed by atoms with Gasteiger partial charge in [0.1, 0.15) is 11.5 Å². The number of halogens is 1. The number of nitrogens with zero attached hydrogens (tertiary/aromatic N) is 2. The Morgan fingerprint density at radius 1 is 1.33 bits per heavy atom. The lowest BCUT2D eigenvalue weighted by molar-refractivity contribution is 1.12. The lowest BCUT2D eigenvalue weighted by Gasteiger charge is -2.05. The van der Waals surface area contributed by atoms with Crippen molar-refractivity contribution in [3.05, 3.63) is 39.4 Å². The third-order valence-corrected chi connectivity index (χ3v) is 3.78. The van der Waals surface area contributed by atoms with Crippen LogP contribution in [0.15, 0.2) is 24.4 Å². The molecule has 0 aliphatic rings. The van der Waals surface area contributed by atoms with E-state index < -0.39 is 0 Å². The monoisotopic (exact) mass is 278 g/mol. The first-order valence-electron chi connectivity index (χ1n) is 5.52. The molecular formula is C12H11ClN4S. The molecule has 3 rings (SSSR count). The molecule has 0 saturated heterocycles. The van der Waals surface area contributed by atoms with Crippen molar-refractivity contribution in [3.63, 3.8) is 0 Å². The van der Waals surface area contributed by atoms with Crippen molar-refractivity contribution < 1.29 is 0 Å². The number of rotatable bonds is 3. The molecule has 0 spiro atoms. The Morgan fingerprint density at radius 2 is 2.22 bits per heavy atom. The molecule has 0 atom stereocenters. The highest BCUT2D eigenvalue weighted by atomic mass is 35.5. The third-order valence-electron chi connectivity index (χ3n) is 2.61. The molecule has 6 heteroatoms. The van der Waals surface area contributed by atoms with Crippen LogP contribution in [-0.4, -0.2) is 15.0 Å². The van der Waals surface area contributed by atoms with Gasteiger partial charge in [-0.2, -0.15) is 4.98 Å². The number of aromatic nitrogens is 3. The molecule has 4 nitrogen and oxygen atoms in total. The molecule has 92 valence electrons. The lowest BCUT2D eigenvalue weighted by Crippen LogP contribution is -2.01. The van der Waals surface area contributed by atoms with Crippen LogP contribution < -0.4 is 5.32 Å². The number of H-pyrrole nitrogens is 1. The second-order valence-electron chi connectivity index (χ2n) is 3.95. The van der Waals surface area contributed by atoms with E-state index in [9.17, 15) is 0 Å². The molecule has 0 fully saturated rings.